The molecule has 0 radical (unpaired) electrons. The van der Waals surface area contributed by atoms with Crippen molar-refractivity contribution in [1.82, 2.24) is 0 Å². The minimum atomic E-state index is 1.12. The summed E-state index contributed by atoms with van der Waals surface area (Å²) in [6.45, 7) is 0. The van der Waals surface area contributed by atoms with Crippen molar-refractivity contribution in [2.24, 2.45) is 0 Å². The molecule has 0 fully saturated rings. The van der Waals surface area contributed by atoms with Gasteiger partial charge in [-0.15, -0.1) is 11.3 Å². The zero-order chi connectivity index (χ0) is 31.9. The Morgan fingerprint density at radius 1 is 0.354 bits per heavy atom. The molecule has 48 heavy (non-hydrogen) atoms. The van der Waals surface area contributed by atoms with Crippen molar-refractivity contribution < 1.29 is 0 Å². The smallest absolute Gasteiger partial charge is 0.0554 e. The van der Waals surface area contributed by atoms with Gasteiger partial charge in [0.05, 0.1) is 5.69 Å². The van der Waals surface area contributed by atoms with Crippen LogP contribution in [0, 0.1) is 0 Å². The molecule has 0 amide bonds. The summed E-state index contributed by atoms with van der Waals surface area (Å²) < 4.78 is 2.60. The maximum absolute atomic E-state index is 2.42. The SMILES string of the molecule is c1ccc(-c2ccc(N(c3ccc(-c4cc5ccccc5cc4-c4ccccc4)cc3)c3cccc4sc5ccccc5c34)cc2)cc1. The lowest BCUT2D eigenvalue weighted by molar-refractivity contribution is 1.30. The van der Waals surface area contributed by atoms with Crippen LogP contribution in [0.25, 0.3) is 64.3 Å². The summed E-state index contributed by atoms with van der Waals surface area (Å²) in [5.74, 6) is 0. The number of nitrogens with zero attached hydrogens (tertiary/aromatic N) is 1. The number of hydrogen-bond acceptors (Lipinski definition) is 2. The van der Waals surface area contributed by atoms with Gasteiger partial charge in [0.1, 0.15) is 0 Å². The molecule has 9 rings (SSSR count). The molecule has 226 valence electrons. The molecule has 0 aliphatic rings. The van der Waals surface area contributed by atoms with Crippen molar-refractivity contribution in [2.75, 3.05) is 4.90 Å². The first-order valence-electron chi connectivity index (χ1n) is 16.3. The fourth-order valence-corrected chi connectivity index (χ4v) is 8.06. The number of rotatable bonds is 6. The van der Waals surface area contributed by atoms with Crippen molar-refractivity contribution >= 4 is 59.3 Å². The van der Waals surface area contributed by atoms with Crippen LogP contribution in [0.3, 0.4) is 0 Å². The van der Waals surface area contributed by atoms with Crippen LogP contribution in [-0.4, -0.2) is 0 Å². The highest BCUT2D eigenvalue weighted by Crippen LogP contribution is 2.45. The summed E-state index contributed by atoms with van der Waals surface area (Å²) in [7, 11) is 0. The third-order valence-electron chi connectivity index (χ3n) is 9.26. The summed E-state index contributed by atoms with van der Waals surface area (Å²) >= 11 is 1.86. The van der Waals surface area contributed by atoms with Gasteiger partial charge in [-0.2, -0.15) is 0 Å². The summed E-state index contributed by atoms with van der Waals surface area (Å²) in [5, 5.41) is 5.07. The molecular weight excluding hydrogens is 599 g/mol. The largest absolute Gasteiger partial charge is 0.310 e. The normalized spacial score (nSPS) is 11.3. The van der Waals surface area contributed by atoms with Gasteiger partial charge in [-0.25, -0.2) is 0 Å². The summed E-state index contributed by atoms with van der Waals surface area (Å²) in [5.41, 5.74) is 10.7. The maximum Gasteiger partial charge on any atom is 0.0554 e. The van der Waals surface area contributed by atoms with Crippen molar-refractivity contribution in [3.8, 4) is 33.4 Å². The molecule has 0 saturated carbocycles. The minimum Gasteiger partial charge on any atom is -0.310 e. The van der Waals surface area contributed by atoms with E-state index in [9.17, 15) is 0 Å². The van der Waals surface area contributed by atoms with Crippen LogP contribution < -0.4 is 4.90 Å². The van der Waals surface area contributed by atoms with Gasteiger partial charge in [0, 0.05) is 31.5 Å². The third-order valence-corrected chi connectivity index (χ3v) is 10.4. The first-order valence-corrected chi connectivity index (χ1v) is 17.2. The zero-order valence-electron chi connectivity index (χ0n) is 26.3. The van der Waals surface area contributed by atoms with E-state index in [1.165, 1.54) is 70.0 Å². The standard InChI is InChI=1S/C46H31NS/c1-3-12-32(13-4-1)33-22-26-38(27-23-33)47(43-19-11-21-45-46(43)40-18-9-10-20-44(40)48-45)39-28-24-35(25-29-39)42-31-37-17-8-7-16-36(37)30-41(42)34-14-5-2-6-15-34/h1-31H. The first-order chi connectivity index (χ1) is 23.8. The quantitative estimate of drug-likeness (QED) is 0.177. The summed E-state index contributed by atoms with van der Waals surface area (Å²) in [6, 6.07) is 68.2. The van der Waals surface area contributed by atoms with Crippen LogP contribution >= 0.6 is 11.3 Å². The fraction of sp³-hybridized carbons (Fsp3) is 0. The lowest BCUT2D eigenvalue weighted by Crippen LogP contribution is -2.10. The van der Waals surface area contributed by atoms with E-state index in [0.717, 1.165) is 11.4 Å². The Kier molecular flexibility index (Phi) is 7.07. The molecule has 1 heterocycles. The topological polar surface area (TPSA) is 3.24 Å². The van der Waals surface area contributed by atoms with E-state index >= 15 is 0 Å². The van der Waals surface area contributed by atoms with Gasteiger partial charge in [0.2, 0.25) is 0 Å². The van der Waals surface area contributed by atoms with Crippen LogP contribution in [0.2, 0.25) is 0 Å². The maximum atomic E-state index is 2.42. The summed E-state index contributed by atoms with van der Waals surface area (Å²) in [6.07, 6.45) is 0. The van der Waals surface area contributed by atoms with E-state index in [4.69, 9.17) is 0 Å². The van der Waals surface area contributed by atoms with E-state index in [2.05, 4.69) is 193 Å². The van der Waals surface area contributed by atoms with Gasteiger partial charge < -0.3 is 4.90 Å². The molecule has 1 nitrogen and oxygen atoms in total. The Morgan fingerprint density at radius 3 is 1.48 bits per heavy atom. The van der Waals surface area contributed by atoms with Gasteiger partial charge in [0.25, 0.3) is 0 Å². The number of anilines is 3. The highest BCUT2D eigenvalue weighted by atomic mass is 32.1. The van der Waals surface area contributed by atoms with Gasteiger partial charge in [-0.1, -0.05) is 133 Å². The second-order valence-corrected chi connectivity index (χ2v) is 13.2. The number of benzene rings is 8. The molecule has 0 atom stereocenters. The van der Waals surface area contributed by atoms with Gasteiger partial charge >= 0.3 is 0 Å². The van der Waals surface area contributed by atoms with Crippen molar-refractivity contribution in [1.29, 1.82) is 0 Å². The molecule has 8 aromatic carbocycles. The highest BCUT2D eigenvalue weighted by molar-refractivity contribution is 7.26. The molecule has 0 N–H and O–H groups in total. The Balaban J connectivity index is 1.21. The predicted octanol–water partition coefficient (Wildman–Crippen LogP) is 13.7. The van der Waals surface area contributed by atoms with Crippen LogP contribution in [0.5, 0.6) is 0 Å². The van der Waals surface area contributed by atoms with Crippen LogP contribution in [-0.2, 0) is 0 Å². The monoisotopic (exact) mass is 629 g/mol. The number of hydrogen-bond donors (Lipinski definition) is 0. The lowest BCUT2D eigenvalue weighted by atomic mass is 9.91. The van der Waals surface area contributed by atoms with Crippen molar-refractivity contribution in [2.45, 2.75) is 0 Å². The first kappa shape index (κ1) is 28.3. The molecule has 0 aliphatic carbocycles. The van der Waals surface area contributed by atoms with E-state index < -0.39 is 0 Å². The molecule has 0 spiro atoms. The van der Waals surface area contributed by atoms with E-state index in [1.807, 2.05) is 11.3 Å². The van der Waals surface area contributed by atoms with Gasteiger partial charge in [0.15, 0.2) is 0 Å². The average Bonchev–Trinajstić information content (AvgIpc) is 3.55. The van der Waals surface area contributed by atoms with Gasteiger partial charge in [-0.05, 0) is 98.8 Å². The molecule has 9 aromatic rings. The molecule has 0 bridgehead atoms. The Labute approximate surface area is 284 Å². The predicted molar refractivity (Wildman–Crippen MR) is 208 cm³/mol. The lowest BCUT2D eigenvalue weighted by Gasteiger charge is -2.27. The Morgan fingerprint density at radius 2 is 0.833 bits per heavy atom. The van der Waals surface area contributed by atoms with Crippen LogP contribution in [0.1, 0.15) is 0 Å². The van der Waals surface area contributed by atoms with Gasteiger partial charge in [-0.3, -0.25) is 0 Å². The second kappa shape index (κ2) is 12.0. The molecule has 0 aliphatic heterocycles. The summed E-state index contributed by atoms with van der Waals surface area (Å²) in [4.78, 5) is 2.42. The second-order valence-electron chi connectivity index (χ2n) is 12.2. The van der Waals surface area contributed by atoms with Crippen LogP contribution in [0.15, 0.2) is 188 Å². The zero-order valence-corrected chi connectivity index (χ0v) is 27.1. The van der Waals surface area contributed by atoms with E-state index in [1.54, 1.807) is 0 Å². The highest BCUT2D eigenvalue weighted by Gasteiger charge is 2.19. The Bertz CT molecular complexity index is 2530. The number of thiophene rings is 1. The average molecular weight is 630 g/mol. The van der Waals surface area contributed by atoms with E-state index in [-0.39, 0.29) is 0 Å². The molecule has 2 heteroatoms. The van der Waals surface area contributed by atoms with Crippen molar-refractivity contribution in [3.63, 3.8) is 0 Å². The Hall–Kier alpha value is -5.96. The molecule has 0 saturated heterocycles. The number of fused-ring (bicyclic) bond motifs is 4. The van der Waals surface area contributed by atoms with E-state index in [0.29, 0.717) is 0 Å². The fourth-order valence-electron chi connectivity index (χ4n) is 6.93. The molecule has 1 aromatic heterocycles. The third kappa shape index (κ3) is 5.04. The molecular formula is C46H31NS. The minimum absolute atomic E-state index is 1.12. The van der Waals surface area contributed by atoms with Crippen LogP contribution in [0.4, 0.5) is 17.1 Å². The van der Waals surface area contributed by atoms with Crippen molar-refractivity contribution in [3.05, 3.63) is 188 Å². The molecule has 0 unspecified atom stereocenters.